The van der Waals surface area contributed by atoms with Crippen molar-refractivity contribution in [3.05, 3.63) is 22.3 Å². The van der Waals surface area contributed by atoms with Crippen LogP contribution in [0.1, 0.15) is 119 Å². The molecule has 0 bridgehead atoms. The number of aliphatic hydroxyl groups is 1. The van der Waals surface area contributed by atoms with Crippen molar-refractivity contribution in [2.75, 3.05) is 13.1 Å². The number of amides is 3. The van der Waals surface area contributed by atoms with E-state index in [0.29, 0.717) is 31.8 Å². The molecule has 3 fully saturated rings. The molecule has 3 aliphatic heterocycles. The van der Waals surface area contributed by atoms with E-state index in [1.165, 1.54) is 4.90 Å². The first-order valence-corrected chi connectivity index (χ1v) is 22.8. The highest BCUT2D eigenvalue weighted by molar-refractivity contribution is 14.1. The molecule has 7 atom stereocenters. The van der Waals surface area contributed by atoms with Gasteiger partial charge < -0.3 is 19.0 Å². The number of likely N-dealkylation sites (tertiary alicyclic amines) is 2. The van der Waals surface area contributed by atoms with E-state index in [4.69, 9.17) is 13.9 Å². The number of imide groups is 1. The molecular weight excluding hydrogens is 751 g/mol. The standard InChI is InChI=1S/C38H63IN2O7Si/c1-36(2,3)47-35(45)41-24-12-14-27-19-20-30(46-33(27)41)17-10-9-16-29(42)26-32(43)40-25-13-22-38(34(40)44)28(21-23-39)15-11-18-31(38)48-49(7,8)37(4,5)6/h11,18,21,23,27-31,33,42H,9-10,12-17,19-20,22,24-26H2,1-8H3/b23-21-/t27-,28+,29+,30+,31+,33+,38-/m0/s1. The van der Waals surface area contributed by atoms with Crippen LogP contribution >= 0.6 is 22.6 Å². The molecule has 11 heteroatoms. The first kappa shape index (κ1) is 40.5. The molecule has 9 nitrogen and oxygen atoms in total. The number of unbranched alkanes of at least 4 members (excludes halogenated alkanes) is 1. The van der Waals surface area contributed by atoms with Gasteiger partial charge in [-0.3, -0.25) is 19.4 Å². The van der Waals surface area contributed by atoms with E-state index >= 15 is 0 Å². The van der Waals surface area contributed by atoms with E-state index in [0.717, 1.165) is 57.8 Å². The number of aliphatic hydroxyl groups excluding tert-OH is 1. The van der Waals surface area contributed by atoms with Crippen molar-refractivity contribution in [3.8, 4) is 0 Å². The number of nitrogens with zero attached hydrogens (tertiary/aromatic N) is 2. The van der Waals surface area contributed by atoms with E-state index < -0.39 is 31.5 Å². The Bertz CT molecular complexity index is 1230. The van der Waals surface area contributed by atoms with Gasteiger partial charge in [-0.1, -0.05) is 74.4 Å². The van der Waals surface area contributed by atoms with Gasteiger partial charge in [-0.15, -0.1) is 0 Å². The number of hydrogen-bond acceptors (Lipinski definition) is 7. The zero-order valence-corrected chi connectivity index (χ0v) is 34.5. The van der Waals surface area contributed by atoms with Crippen molar-refractivity contribution >= 4 is 48.8 Å². The molecule has 4 rings (SSSR count). The summed E-state index contributed by atoms with van der Waals surface area (Å²) < 4.78 is 21.1. The van der Waals surface area contributed by atoms with Crippen LogP contribution in [0.25, 0.3) is 0 Å². The van der Waals surface area contributed by atoms with Gasteiger partial charge in [-0.05, 0) is 107 Å². The largest absolute Gasteiger partial charge is 0.444 e. The predicted molar refractivity (Wildman–Crippen MR) is 204 cm³/mol. The fraction of sp³-hybridized carbons (Fsp3) is 0.816. The molecular formula is C38H63IN2O7Si. The van der Waals surface area contributed by atoms with Crippen molar-refractivity contribution < 1.29 is 33.4 Å². The monoisotopic (exact) mass is 814 g/mol. The predicted octanol–water partition coefficient (Wildman–Crippen LogP) is 8.50. The SMILES string of the molecule is CC(C)(C)OC(=O)N1CCC[C@H]2CC[C@@H](CCCC[C@@H](O)CC(=O)N3CCC[C@]4(C3=O)[C@@H](/C=C\I)CC=C[C@H]4O[Si](C)(C)C(C)(C)C)O[C@H]21. The lowest BCUT2D eigenvalue weighted by Gasteiger charge is -2.52. The topological polar surface area (TPSA) is 106 Å². The van der Waals surface area contributed by atoms with Gasteiger partial charge >= 0.3 is 6.09 Å². The van der Waals surface area contributed by atoms with E-state index in [-0.39, 0.29) is 47.6 Å². The third-order valence-corrected chi connectivity index (χ3v) is 16.4. The van der Waals surface area contributed by atoms with Crippen LogP contribution in [0, 0.1) is 17.3 Å². The molecule has 49 heavy (non-hydrogen) atoms. The normalized spacial score (nSPS) is 30.5. The van der Waals surface area contributed by atoms with Crippen molar-refractivity contribution in [3.63, 3.8) is 0 Å². The minimum atomic E-state index is -2.22. The molecule has 4 aliphatic rings. The summed E-state index contributed by atoms with van der Waals surface area (Å²) in [5.41, 5.74) is -1.38. The Labute approximate surface area is 310 Å². The first-order valence-electron chi connectivity index (χ1n) is 18.7. The fourth-order valence-electron chi connectivity index (χ4n) is 7.83. The lowest BCUT2D eigenvalue weighted by molar-refractivity contribution is -0.169. The number of carbonyl (C=O) groups is 3. The minimum Gasteiger partial charge on any atom is -0.444 e. The van der Waals surface area contributed by atoms with Crippen LogP contribution in [0.5, 0.6) is 0 Å². The molecule has 1 spiro atoms. The average Bonchev–Trinajstić information content (AvgIpc) is 3.00. The van der Waals surface area contributed by atoms with Crippen LogP contribution in [0.4, 0.5) is 4.79 Å². The third-order valence-electron chi connectivity index (χ3n) is 11.5. The summed E-state index contributed by atoms with van der Waals surface area (Å²) in [5, 5.41) is 10.9. The summed E-state index contributed by atoms with van der Waals surface area (Å²) in [6.07, 6.45) is 13.6. The van der Waals surface area contributed by atoms with Gasteiger partial charge in [-0.25, -0.2) is 4.79 Å². The van der Waals surface area contributed by atoms with Crippen molar-refractivity contribution in [2.45, 2.75) is 167 Å². The summed E-state index contributed by atoms with van der Waals surface area (Å²) in [6, 6.07) is 0. The molecule has 3 heterocycles. The Morgan fingerprint density at radius 2 is 1.86 bits per heavy atom. The number of carbonyl (C=O) groups excluding carboxylic acids is 3. The second-order valence-electron chi connectivity index (χ2n) is 17.3. The second kappa shape index (κ2) is 16.6. The molecule has 1 N–H and O–H groups in total. The molecule has 0 aromatic rings. The highest BCUT2D eigenvalue weighted by Crippen LogP contribution is 2.51. The van der Waals surface area contributed by atoms with Crippen molar-refractivity contribution in [1.82, 2.24) is 9.80 Å². The summed E-state index contributed by atoms with van der Waals surface area (Å²) >= 11 is 2.21. The van der Waals surface area contributed by atoms with E-state index in [1.54, 1.807) is 4.90 Å². The Morgan fingerprint density at radius 1 is 1.12 bits per heavy atom. The highest BCUT2D eigenvalue weighted by atomic mass is 127. The van der Waals surface area contributed by atoms with E-state index in [1.807, 2.05) is 24.9 Å². The zero-order valence-electron chi connectivity index (χ0n) is 31.3. The number of fused-ring (bicyclic) bond motifs is 1. The molecule has 278 valence electrons. The Hall–Kier alpha value is -1.28. The van der Waals surface area contributed by atoms with Crippen LogP contribution in [-0.2, 0) is 23.5 Å². The fourth-order valence-corrected chi connectivity index (χ4v) is 9.61. The summed E-state index contributed by atoms with van der Waals surface area (Å²) in [5.74, 6) is -0.164. The van der Waals surface area contributed by atoms with Crippen LogP contribution in [0.2, 0.25) is 18.1 Å². The van der Waals surface area contributed by atoms with E-state index in [9.17, 15) is 19.5 Å². The molecule has 3 saturated heterocycles. The van der Waals surface area contributed by atoms with Gasteiger partial charge in [0.1, 0.15) is 11.8 Å². The lowest BCUT2D eigenvalue weighted by atomic mass is 9.62. The van der Waals surface area contributed by atoms with Crippen molar-refractivity contribution in [2.24, 2.45) is 17.3 Å². The first-order chi connectivity index (χ1) is 22.9. The Kier molecular flexibility index (Phi) is 13.7. The summed E-state index contributed by atoms with van der Waals surface area (Å²) in [4.78, 5) is 44.2. The molecule has 1 aliphatic carbocycles. The molecule has 0 saturated carbocycles. The van der Waals surface area contributed by atoms with Gasteiger partial charge in [-0.2, -0.15) is 0 Å². The van der Waals surface area contributed by atoms with Crippen LogP contribution in [-0.4, -0.2) is 84.4 Å². The van der Waals surface area contributed by atoms with Crippen LogP contribution in [0.15, 0.2) is 22.3 Å². The molecule has 3 amide bonds. The average molecular weight is 815 g/mol. The number of piperidine rings is 2. The maximum atomic E-state index is 14.5. The molecule has 0 unspecified atom stereocenters. The Morgan fingerprint density at radius 3 is 2.53 bits per heavy atom. The van der Waals surface area contributed by atoms with Gasteiger partial charge in [0, 0.05) is 19.0 Å². The third kappa shape index (κ3) is 9.78. The number of ether oxygens (including phenoxy) is 2. The van der Waals surface area contributed by atoms with E-state index in [2.05, 4.69) is 74.7 Å². The van der Waals surface area contributed by atoms with Gasteiger partial charge in [0.05, 0.1) is 30.1 Å². The second-order valence-corrected chi connectivity index (χ2v) is 22.8. The summed E-state index contributed by atoms with van der Waals surface area (Å²) in [7, 11) is -2.22. The Balaban J connectivity index is 1.31. The van der Waals surface area contributed by atoms with Crippen LogP contribution in [0.3, 0.4) is 0 Å². The minimum absolute atomic E-state index is 0.0206. The smallest absolute Gasteiger partial charge is 0.412 e. The number of halogens is 1. The van der Waals surface area contributed by atoms with Gasteiger partial charge in [0.15, 0.2) is 8.32 Å². The number of allylic oxidation sites excluding steroid dienone is 2. The quantitative estimate of drug-likeness (QED) is 0.102. The molecule has 0 aromatic heterocycles. The highest BCUT2D eigenvalue weighted by Gasteiger charge is 2.57. The van der Waals surface area contributed by atoms with Crippen LogP contribution < -0.4 is 0 Å². The summed E-state index contributed by atoms with van der Waals surface area (Å²) in [6.45, 7) is 17.7. The number of rotatable bonds is 10. The van der Waals surface area contributed by atoms with Crippen molar-refractivity contribution in [1.29, 1.82) is 0 Å². The lowest BCUT2D eigenvalue weighted by Crippen LogP contribution is -2.62. The molecule has 0 radical (unpaired) electrons. The molecule has 0 aromatic carbocycles. The maximum absolute atomic E-state index is 14.5. The number of hydrogen-bond donors (Lipinski definition) is 1. The maximum Gasteiger partial charge on any atom is 0.412 e. The van der Waals surface area contributed by atoms with Gasteiger partial charge in [0.25, 0.3) is 0 Å². The zero-order chi connectivity index (χ0) is 36.2. The van der Waals surface area contributed by atoms with Gasteiger partial charge in [0.2, 0.25) is 11.8 Å².